The van der Waals surface area contributed by atoms with Crippen LogP contribution in [0.5, 0.6) is 0 Å². The number of hydrogen-bond donors (Lipinski definition) is 0. The second-order valence-corrected chi connectivity index (χ2v) is 8.43. The van der Waals surface area contributed by atoms with Crippen molar-refractivity contribution < 1.29 is 9.53 Å². The van der Waals surface area contributed by atoms with Crippen LogP contribution in [0.4, 0.5) is 0 Å². The zero-order chi connectivity index (χ0) is 16.2. The molecule has 23 heavy (non-hydrogen) atoms. The monoisotopic (exact) mass is 385 g/mol. The van der Waals surface area contributed by atoms with Gasteiger partial charge in [0.2, 0.25) is 0 Å². The van der Waals surface area contributed by atoms with Crippen LogP contribution < -0.4 is 0 Å². The fourth-order valence-electron chi connectivity index (χ4n) is 1.84. The second kappa shape index (κ2) is 7.57. The Morgan fingerprint density at radius 3 is 2.96 bits per heavy atom. The molecule has 9 heteroatoms. The molecule has 0 saturated heterocycles. The zero-order valence-electron chi connectivity index (χ0n) is 12.1. The molecule has 0 saturated carbocycles. The molecule has 120 valence electrons. The molecule has 5 nitrogen and oxygen atoms in total. The summed E-state index contributed by atoms with van der Waals surface area (Å²) in [5.74, 6) is -0.210. The molecule has 0 spiro atoms. The van der Waals surface area contributed by atoms with Crippen LogP contribution in [-0.2, 0) is 16.0 Å². The lowest BCUT2D eigenvalue weighted by Crippen LogP contribution is -2.04. The number of halogens is 1. The molecule has 0 atom stereocenters. The van der Waals surface area contributed by atoms with Gasteiger partial charge in [0, 0.05) is 6.42 Å². The molecule has 0 radical (unpaired) electrons. The highest BCUT2D eigenvalue weighted by Crippen LogP contribution is 2.37. The second-order valence-electron chi connectivity index (χ2n) is 4.44. The lowest BCUT2D eigenvalue weighted by molar-refractivity contribution is -0.143. The third-order valence-corrected chi connectivity index (χ3v) is 6.24. The average Bonchev–Trinajstić information content (AvgIpc) is 3.13. The summed E-state index contributed by atoms with van der Waals surface area (Å²) in [5, 5.41) is 9.72. The topological polar surface area (TPSA) is 65.0 Å². The minimum atomic E-state index is -0.210. The summed E-state index contributed by atoms with van der Waals surface area (Å²) < 4.78 is 7.63. The van der Waals surface area contributed by atoms with Gasteiger partial charge in [0.25, 0.3) is 0 Å². The van der Waals surface area contributed by atoms with E-state index in [1.807, 2.05) is 18.2 Å². The number of fused-ring (bicyclic) bond motifs is 1. The molecule has 0 N–H and O–H groups in total. The Bertz CT molecular complexity index is 834. The number of carbonyl (C=O) groups is 1. The van der Waals surface area contributed by atoms with Crippen LogP contribution in [0.1, 0.15) is 18.4 Å². The first-order chi connectivity index (χ1) is 11.2. The Kier molecular flexibility index (Phi) is 5.47. The zero-order valence-corrected chi connectivity index (χ0v) is 15.3. The van der Waals surface area contributed by atoms with E-state index in [-0.39, 0.29) is 5.97 Å². The molecule has 2 aromatic heterocycles. The van der Waals surface area contributed by atoms with E-state index in [2.05, 4.69) is 15.2 Å². The van der Waals surface area contributed by atoms with Gasteiger partial charge in [-0.1, -0.05) is 29.0 Å². The highest BCUT2D eigenvalue weighted by atomic mass is 35.5. The van der Waals surface area contributed by atoms with E-state index in [1.165, 1.54) is 23.1 Å². The molecule has 0 aliphatic rings. The SMILES string of the molecule is CCOC(=O)CCc1nnc(Sc2nc3c(Cl)cccc3s2)s1. The van der Waals surface area contributed by atoms with Gasteiger partial charge < -0.3 is 4.74 Å². The Morgan fingerprint density at radius 1 is 1.30 bits per heavy atom. The van der Waals surface area contributed by atoms with Gasteiger partial charge >= 0.3 is 5.97 Å². The number of aryl methyl sites for hydroxylation is 1. The number of benzene rings is 1. The van der Waals surface area contributed by atoms with Crippen molar-refractivity contribution >= 4 is 62.2 Å². The van der Waals surface area contributed by atoms with Crippen molar-refractivity contribution in [3.05, 3.63) is 28.2 Å². The van der Waals surface area contributed by atoms with E-state index in [4.69, 9.17) is 16.3 Å². The number of thiazole rings is 1. The molecule has 0 aliphatic heterocycles. The highest BCUT2D eigenvalue weighted by Gasteiger charge is 2.12. The molecular formula is C14H12ClN3O2S3. The van der Waals surface area contributed by atoms with Gasteiger partial charge in [0.1, 0.15) is 10.5 Å². The number of para-hydroxylation sites is 1. The Labute approximate surface area is 150 Å². The summed E-state index contributed by atoms with van der Waals surface area (Å²) in [6.45, 7) is 2.19. The van der Waals surface area contributed by atoms with Crippen LogP contribution in [0.25, 0.3) is 10.2 Å². The van der Waals surface area contributed by atoms with E-state index >= 15 is 0 Å². The number of aromatic nitrogens is 3. The molecule has 1 aromatic carbocycles. The lowest BCUT2D eigenvalue weighted by Gasteiger charge is -1.98. The summed E-state index contributed by atoms with van der Waals surface area (Å²) in [7, 11) is 0. The van der Waals surface area contributed by atoms with Gasteiger partial charge in [-0.3, -0.25) is 4.79 Å². The number of carbonyl (C=O) groups excluding carboxylic acids is 1. The van der Waals surface area contributed by atoms with Crippen molar-refractivity contribution in [3.63, 3.8) is 0 Å². The predicted molar refractivity (Wildman–Crippen MR) is 93.6 cm³/mol. The molecule has 0 unspecified atom stereocenters. The first-order valence-electron chi connectivity index (χ1n) is 6.86. The van der Waals surface area contributed by atoms with Crippen LogP contribution in [-0.4, -0.2) is 27.8 Å². The third-order valence-electron chi connectivity index (χ3n) is 2.82. The van der Waals surface area contributed by atoms with Crippen LogP contribution >= 0.6 is 46.0 Å². The lowest BCUT2D eigenvalue weighted by atomic mass is 10.3. The van der Waals surface area contributed by atoms with Gasteiger partial charge in [0.15, 0.2) is 8.68 Å². The molecule has 3 aromatic rings. The molecule has 0 bridgehead atoms. The summed E-state index contributed by atoms with van der Waals surface area (Å²) in [6.07, 6.45) is 0.868. The van der Waals surface area contributed by atoms with Crippen LogP contribution in [0, 0.1) is 0 Å². The number of ether oxygens (including phenoxy) is 1. The molecule has 0 aliphatic carbocycles. The fourth-order valence-corrected chi connectivity index (χ4v) is 5.29. The maximum absolute atomic E-state index is 11.4. The van der Waals surface area contributed by atoms with Crippen LogP contribution in [0.15, 0.2) is 26.9 Å². The highest BCUT2D eigenvalue weighted by molar-refractivity contribution is 8.02. The smallest absolute Gasteiger partial charge is 0.306 e. The Morgan fingerprint density at radius 2 is 2.17 bits per heavy atom. The minimum Gasteiger partial charge on any atom is -0.466 e. The van der Waals surface area contributed by atoms with Crippen molar-refractivity contribution in [1.82, 2.24) is 15.2 Å². The van der Waals surface area contributed by atoms with E-state index in [9.17, 15) is 4.79 Å². The van der Waals surface area contributed by atoms with Gasteiger partial charge in [-0.25, -0.2) is 4.98 Å². The van der Waals surface area contributed by atoms with Gasteiger partial charge in [-0.2, -0.15) is 0 Å². The van der Waals surface area contributed by atoms with Gasteiger partial charge in [-0.15, -0.1) is 21.5 Å². The normalized spacial score (nSPS) is 11.0. The first-order valence-corrected chi connectivity index (χ1v) is 9.69. The van der Waals surface area contributed by atoms with Crippen molar-refractivity contribution in [1.29, 1.82) is 0 Å². The predicted octanol–water partition coefficient (Wildman–Crippen LogP) is 4.45. The summed E-state index contributed by atoms with van der Waals surface area (Å²) in [5.41, 5.74) is 0.814. The Balaban J connectivity index is 1.66. The standard InChI is InChI=1S/C14H12ClN3O2S3/c1-2-20-11(19)7-6-10-17-18-14(22-10)23-13-16-12-8(15)4-3-5-9(12)21-13/h3-5H,2,6-7H2,1H3. The first kappa shape index (κ1) is 16.6. The molecule has 2 heterocycles. The summed E-state index contributed by atoms with van der Waals surface area (Å²) in [6, 6.07) is 5.74. The van der Waals surface area contributed by atoms with Crippen LogP contribution in [0.2, 0.25) is 5.02 Å². The van der Waals surface area contributed by atoms with E-state index in [1.54, 1.807) is 18.3 Å². The summed E-state index contributed by atoms with van der Waals surface area (Å²) in [4.78, 5) is 15.9. The summed E-state index contributed by atoms with van der Waals surface area (Å²) >= 11 is 10.6. The quantitative estimate of drug-likeness (QED) is 0.584. The molecular weight excluding hydrogens is 374 g/mol. The fraction of sp³-hybridized carbons (Fsp3) is 0.286. The average molecular weight is 386 g/mol. The third kappa shape index (κ3) is 4.20. The Hall–Kier alpha value is -1.22. The van der Waals surface area contributed by atoms with Crippen molar-refractivity contribution in [2.24, 2.45) is 0 Å². The molecule has 0 amide bonds. The van der Waals surface area contributed by atoms with Crippen molar-refractivity contribution in [2.45, 2.75) is 28.4 Å². The molecule has 3 rings (SSSR count). The number of hydrogen-bond acceptors (Lipinski definition) is 8. The number of nitrogens with zero attached hydrogens (tertiary/aromatic N) is 3. The number of esters is 1. The van der Waals surface area contributed by atoms with Crippen LogP contribution in [0.3, 0.4) is 0 Å². The van der Waals surface area contributed by atoms with Crippen molar-refractivity contribution in [2.75, 3.05) is 6.61 Å². The minimum absolute atomic E-state index is 0.210. The maximum Gasteiger partial charge on any atom is 0.306 e. The van der Waals surface area contributed by atoms with Gasteiger partial charge in [-0.05, 0) is 30.8 Å². The molecule has 0 fully saturated rings. The number of rotatable bonds is 6. The van der Waals surface area contributed by atoms with E-state index in [0.717, 1.165) is 23.9 Å². The van der Waals surface area contributed by atoms with Gasteiger partial charge in [0.05, 0.1) is 22.8 Å². The largest absolute Gasteiger partial charge is 0.466 e. The van der Waals surface area contributed by atoms with Crippen molar-refractivity contribution in [3.8, 4) is 0 Å². The van der Waals surface area contributed by atoms with E-state index in [0.29, 0.717) is 24.5 Å². The maximum atomic E-state index is 11.4. The van der Waals surface area contributed by atoms with E-state index < -0.39 is 0 Å².